The van der Waals surface area contributed by atoms with Gasteiger partial charge in [0.1, 0.15) is 11.9 Å². The summed E-state index contributed by atoms with van der Waals surface area (Å²) in [6.45, 7) is 4.86. The van der Waals surface area contributed by atoms with Gasteiger partial charge in [0.2, 0.25) is 11.8 Å². The van der Waals surface area contributed by atoms with E-state index in [1.165, 1.54) is 24.1 Å². The maximum atomic E-state index is 13.6. The molecule has 2 atom stereocenters. The van der Waals surface area contributed by atoms with Crippen LogP contribution in [0, 0.1) is 6.92 Å². The normalized spacial score (nSPS) is 23.0. The van der Waals surface area contributed by atoms with Crippen LogP contribution in [0.3, 0.4) is 0 Å². The third-order valence-corrected chi connectivity index (χ3v) is 5.18. The smallest absolute Gasteiger partial charge is 0.377 e. The third kappa shape index (κ3) is 3.03. The van der Waals surface area contributed by atoms with E-state index >= 15 is 0 Å². The van der Waals surface area contributed by atoms with E-state index in [1.54, 1.807) is 0 Å². The van der Waals surface area contributed by atoms with Gasteiger partial charge in [0, 0.05) is 19.2 Å². The van der Waals surface area contributed by atoms with Crippen molar-refractivity contribution in [2.24, 2.45) is 0 Å². The first-order valence-electron chi connectivity index (χ1n) is 9.01. The Hall–Kier alpha value is -2.56. The molecule has 0 amide bonds. The van der Waals surface area contributed by atoms with E-state index in [4.69, 9.17) is 9.26 Å². The first-order chi connectivity index (χ1) is 13.3. The Labute approximate surface area is 158 Å². The van der Waals surface area contributed by atoms with Gasteiger partial charge in [-0.15, -0.1) is 0 Å². The number of nitrogens with zero attached hydrogens (tertiary/aromatic N) is 5. The van der Waals surface area contributed by atoms with Crippen molar-refractivity contribution in [3.05, 3.63) is 28.2 Å². The third-order valence-electron chi connectivity index (χ3n) is 5.18. The molecule has 4 rings (SSSR count). The van der Waals surface area contributed by atoms with Gasteiger partial charge in [-0.1, -0.05) is 5.16 Å². The minimum absolute atomic E-state index is 0.00692. The highest BCUT2D eigenvalue weighted by atomic mass is 19.4. The van der Waals surface area contributed by atoms with Gasteiger partial charge >= 0.3 is 6.18 Å². The molecule has 0 N–H and O–H groups in total. The van der Waals surface area contributed by atoms with Crippen molar-refractivity contribution >= 4 is 17.7 Å². The Morgan fingerprint density at radius 3 is 2.71 bits per heavy atom. The molecule has 0 spiro atoms. The second-order valence-electron chi connectivity index (χ2n) is 7.00. The zero-order chi connectivity index (χ0) is 20.1. The van der Waals surface area contributed by atoms with Crippen LogP contribution >= 0.6 is 0 Å². The Morgan fingerprint density at radius 2 is 2.07 bits per heavy atom. The van der Waals surface area contributed by atoms with E-state index in [1.807, 2.05) is 11.8 Å². The van der Waals surface area contributed by atoms with E-state index in [0.29, 0.717) is 25.6 Å². The highest BCUT2D eigenvalue weighted by Gasteiger charge is 2.46. The molecule has 0 aromatic carbocycles. The predicted octanol–water partition coefficient (Wildman–Crippen LogP) is 2.41. The van der Waals surface area contributed by atoms with Crippen LogP contribution in [0.2, 0.25) is 0 Å². The molecule has 152 valence electrons. The van der Waals surface area contributed by atoms with Crippen LogP contribution in [0.15, 0.2) is 21.6 Å². The minimum Gasteiger partial charge on any atom is -0.377 e. The van der Waals surface area contributed by atoms with Gasteiger partial charge in [0.05, 0.1) is 31.0 Å². The topological polar surface area (TPSA) is 76.6 Å². The molecule has 2 aromatic rings. The fourth-order valence-corrected chi connectivity index (χ4v) is 3.74. The van der Waals surface area contributed by atoms with Gasteiger partial charge < -0.3 is 14.2 Å². The largest absolute Gasteiger partial charge is 0.409 e. The number of anilines is 3. The van der Waals surface area contributed by atoms with Gasteiger partial charge in [-0.3, -0.25) is 14.3 Å². The van der Waals surface area contributed by atoms with Gasteiger partial charge in [-0.25, -0.2) is 0 Å². The summed E-state index contributed by atoms with van der Waals surface area (Å²) >= 11 is 0. The highest BCUT2D eigenvalue weighted by molar-refractivity contribution is 5.58. The number of rotatable bonds is 2. The van der Waals surface area contributed by atoms with Gasteiger partial charge in [-0.05, 0) is 20.3 Å². The fraction of sp³-hybridized carbons (Fsp3) is 0.588. The van der Waals surface area contributed by atoms with Crippen LogP contribution in [0.4, 0.5) is 30.8 Å². The summed E-state index contributed by atoms with van der Waals surface area (Å²) < 4.78 is 52.2. The SMILES string of the molecule is Cc1c(N2CCOC[C@H]2C)nc2n(c1=O)[C@@H](C(F)(F)F)CCN2c1ccno1. The van der Waals surface area contributed by atoms with Crippen molar-refractivity contribution in [3.63, 3.8) is 0 Å². The molecular weight excluding hydrogens is 379 g/mol. The van der Waals surface area contributed by atoms with Gasteiger partial charge in [0.25, 0.3) is 5.56 Å². The molecule has 4 heterocycles. The van der Waals surface area contributed by atoms with Crippen molar-refractivity contribution in [1.82, 2.24) is 14.7 Å². The summed E-state index contributed by atoms with van der Waals surface area (Å²) in [4.78, 5) is 20.9. The average Bonchev–Trinajstić information content (AvgIpc) is 3.18. The van der Waals surface area contributed by atoms with E-state index in [0.717, 1.165) is 4.57 Å². The number of ether oxygens (including phenoxy) is 1. The van der Waals surface area contributed by atoms with Crippen LogP contribution in [0.1, 0.15) is 24.9 Å². The van der Waals surface area contributed by atoms with Crippen molar-refractivity contribution in [2.75, 3.05) is 36.1 Å². The van der Waals surface area contributed by atoms with Crippen LogP contribution in [0.25, 0.3) is 0 Å². The predicted molar refractivity (Wildman–Crippen MR) is 94.1 cm³/mol. The van der Waals surface area contributed by atoms with E-state index in [2.05, 4.69) is 10.1 Å². The quantitative estimate of drug-likeness (QED) is 0.768. The fourth-order valence-electron chi connectivity index (χ4n) is 3.74. The van der Waals surface area contributed by atoms with E-state index in [9.17, 15) is 18.0 Å². The van der Waals surface area contributed by atoms with Crippen molar-refractivity contribution in [3.8, 4) is 0 Å². The minimum atomic E-state index is -4.56. The van der Waals surface area contributed by atoms with E-state index in [-0.39, 0.29) is 36.4 Å². The second kappa shape index (κ2) is 6.80. The maximum Gasteiger partial charge on any atom is 0.409 e. The van der Waals surface area contributed by atoms with Crippen LogP contribution in [-0.2, 0) is 4.74 Å². The lowest BCUT2D eigenvalue weighted by atomic mass is 10.1. The molecule has 28 heavy (non-hydrogen) atoms. The second-order valence-corrected chi connectivity index (χ2v) is 7.00. The molecule has 8 nitrogen and oxygen atoms in total. The molecule has 0 saturated carbocycles. The van der Waals surface area contributed by atoms with E-state index < -0.39 is 17.8 Å². The molecule has 11 heteroatoms. The lowest BCUT2D eigenvalue weighted by Gasteiger charge is -2.38. The molecule has 0 bridgehead atoms. The van der Waals surface area contributed by atoms with Crippen LogP contribution in [-0.4, -0.2) is 53.2 Å². The monoisotopic (exact) mass is 399 g/mol. The summed E-state index contributed by atoms with van der Waals surface area (Å²) in [5, 5.41) is 3.62. The first-order valence-corrected chi connectivity index (χ1v) is 9.01. The maximum absolute atomic E-state index is 13.6. The Kier molecular flexibility index (Phi) is 4.56. The number of aromatic nitrogens is 3. The summed E-state index contributed by atoms with van der Waals surface area (Å²) in [6, 6.07) is -0.457. The average molecular weight is 399 g/mol. The molecule has 0 unspecified atom stereocenters. The van der Waals surface area contributed by atoms with Crippen molar-refractivity contribution in [1.29, 1.82) is 0 Å². The Morgan fingerprint density at radius 1 is 1.29 bits per heavy atom. The molecule has 0 radical (unpaired) electrons. The molecule has 1 fully saturated rings. The summed E-state index contributed by atoms with van der Waals surface area (Å²) in [5.41, 5.74) is -0.517. The number of morpholine rings is 1. The number of hydrogen-bond acceptors (Lipinski definition) is 7. The molecule has 1 saturated heterocycles. The van der Waals surface area contributed by atoms with Crippen molar-refractivity contribution in [2.45, 2.75) is 38.5 Å². The molecule has 2 aliphatic heterocycles. The number of halogens is 3. The standard InChI is InChI=1S/C17H20F3N5O3/c1-10-9-27-8-7-23(10)14-11(2)15(26)25-12(17(18,19)20)4-6-24(16(25)22-14)13-3-5-21-28-13/h3,5,10,12H,4,6-9H2,1-2H3/t10-,12-/m1/s1. The molecular formula is C17H20F3N5O3. The van der Waals surface area contributed by atoms with Crippen LogP contribution < -0.4 is 15.4 Å². The molecule has 0 aliphatic carbocycles. The number of alkyl halides is 3. The lowest BCUT2D eigenvalue weighted by molar-refractivity contribution is -0.170. The highest BCUT2D eigenvalue weighted by Crippen LogP contribution is 2.41. The Balaban J connectivity index is 1.91. The molecule has 2 aliphatic rings. The Bertz CT molecular complexity index is 912. The first kappa shape index (κ1) is 18.8. The molecule has 2 aromatic heterocycles. The van der Waals surface area contributed by atoms with Gasteiger partial charge in [-0.2, -0.15) is 18.2 Å². The summed E-state index contributed by atoms with van der Waals surface area (Å²) in [7, 11) is 0. The lowest BCUT2D eigenvalue weighted by Crippen LogP contribution is -2.48. The summed E-state index contributed by atoms with van der Waals surface area (Å²) in [6.07, 6.45) is -3.45. The number of fused-ring (bicyclic) bond motifs is 1. The zero-order valence-electron chi connectivity index (χ0n) is 15.4. The zero-order valence-corrected chi connectivity index (χ0v) is 15.4. The van der Waals surface area contributed by atoms with Gasteiger partial charge in [0.15, 0.2) is 0 Å². The van der Waals surface area contributed by atoms with Crippen LogP contribution in [0.5, 0.6) is 0 Å². The number of hydrogen-bond donors (Lipinski definition) is 0. The summed E-state index contributed by atoms with van der Waals surface area (Å²) in [5.74, 6) is 0.528. The van der Waals surface area contributed by atoms with Crippen molar-refractivity contribution < 1.29 is 22.4 Å².